The highest BCUT2D eigenvalue weighted by Gasteiger charge is 2.34. The molecule has 3 aromatic heterocycles. The maximum absolute atomic E-state index is 13.5. The van der Waals surface area contributed by atoms with E-state index in [0.717, 1.165) is 10.0 Å². The van der Waals surface area contributed by atoms with Crippen LogP contribution in [-0.4, -0.2) is 81.6 Å². The predicted molar refractivity (Wildman–Crippen MR) is 178 cm³/mol. The van der Waals surface area contributed by atoms with E-state index in [1.165, 1.54) is 0 Å². The van der Waals surface area contributed by atoms with E-state index in [0.29, 0.717) is 23.9 Å². The molecule has 0 N–H and O–H groups in total. The van der Waals surface area contributed by atoms with Gasteiger partial charge < -0.3 is 22.7 Å². The molecule has 0 bridgehead atoms. The average Bonchev–Trinajstić information content (AvgIpc) is 3.68. The third-order valence-corrected chi connectivity index (χ3v) is 11.1. The van der Waals surface area contributed by atoms with Gasteiger partial charge in [0.1, 0.15) is 31.9 Å². The maximum atomic E-state index is 13.5. The van der Waals surface area contributed by atoms with Gasteiger partial charge in [-0.15, -0.1) is 0 Å². The van der Waals surface area contributed by atoms with Crippen LogP contribution in [0.3, 0.4) is 0 Å². The summed E-state index contributed by atoms with van der Waals surface area (Å²) < 4.78 is 84.5. The molecule has 0 radical (unpaired) electrons. The van der Waals surface area contributed by atoms with Crippen LogP contribution in [-0.2, 0) is 58.5 Å². The summed E-state index contributed by atoms with van der Waals surface area (Å²) in [7, 11) is -8.07. The van der Waals surface area contributed by atoms with E-state index in [9.17, 15) is 18.3 Å². The van der Waals surface area contributed by atoms with Crippen molar-refractivity contribution in [3.05, 3.63) is 58.6 Å². The van der Waals surface area contributed by atoms with Gasteiger partial charge in [0.25, 0.3) is 0 Å². The van der Waals surface area contributed by atoms with Crippen LogP contribution in [0.15, 0.2) is 47.3 Å². The second-order valence-corrected chi connectivity index (χ2v) is 15.5. The van der Waals surface area contributed by atoms with Gasteiger partial charge in [-0.05, 0) is 57.5 Å². The Hall–Kier alpha value is -1.54. The van der Waals surface area contributed by atoms with Gasteiger partial charge in [-0.1, -0.05) is 15.9 Å². The van der Waals surface area contributed by atoms with E-state index >= 15 is 0 Å². The smallest absolute Gasteiger partial charge is 0.308 e. The monoisotopic (exact) mass is 798 g/mol. The van der Waals surface area contributed by atoms with Gasteiger partial charge in [-0.25, -0.2) is 18.8 Å². The van der Waals surface area contributed by atoms with Crippen molar-refractivity contribution in [3.63, 3.8) is 0 Å². The predicted octanol–water partition coefficient (Wildman–Crippen LogP) is 7.23. The number of nitrogens with zero attached hydrogens (tertiary/aromatic N) is 6. The number of hydrogen-bond donors (Lipinski definition) is 0. The van der Waals surface area contributed by atoms with E-state index in [1.807, 2.05) is 29.1 Å². The molecular weight excluding hydrogens is 760 g/mol. The van der Waals surface area contributed by atoms with Crippen LogP contribution in [0.5, 0.6) is 0 Å². The minimum absolute atomic E-state index is 0.00765. The fourth-order valence-electron chi connectivity index (χ4n) is 4.46. The van der Waals surface area contributed by atoms with Crippen LogP contribution in [0.4, 0.5) is 0 Å². The molecule has 0 saturated carbocycles. The third-order valence-electron chi connectivity index (χ3n) is 6.09. The van der Waals surface area contributed by atoms with E-state index < -0.39 is 32.6 Å². The summed E-state index contributed by atoms with van der Waals surface area (Å²) in [6.45, 7) is 8.14. The van der Waals surface area contributed by atoms with E-state index in [-0.39, 0.29) is 59.0 Å². The van der Waals surface area contributed by atoms with Crippen LogP contribution >= 0.6 is 48.5 Å². The van der Waals surface area contributed by atoms with Gasteiger partial charge in [0, 0.05) is 36.2 Å². The highest BCUT2D eigenvalue weighted by atomic mass is 79.9. The van der Waals surface area contributed by atoms with Crippen molar-refractivity contribution >= 4 is 48.5 Å². The maximum Gasteiger partial charge on any atom is 0.344 e. The summed E-state index contributed by atoms with van der Waals surface area (Å²) >= 11 is 3.56. The Labute approximate surface area is 285 Å². The molecule has 0 spiro atoms. The average molecular weight is 799 g/mol. The highest BCUT2D eigenvalue weighted by molar-refractivity contribution is 9.10. The summed E-state index contributed by atoms with van der Waals surface area (Å²) in [5, 5.41) is 4.69. The van der Waals surface area contributed by atoms with Crippen LogP contribution in [0.2, 0.25) is 0 Å². The Morgan fingerprint density at radius 2 is 1.34 bits per heavy atom. The molecule has 21 heteroatoms. The van der Waals surface area contributed by atoms with Crippen molar-refractivity contribution < 1.29 is 45.4 Å². The van der Waals surface area contributed by atoms with Crippen LogP contribution in [0.1, 0.15) is 39.0 Å². The van der Waals surface area contributed by atoms with Crippen molar-refractivity contribution in [3.8, 4) is 11.6 Å². The van der Waals surface area contributed by atoms with Gasteiger partial charge in [0.15, 0.2) is 5.82 Å². The highest BCUT2D eigenvalue weighted by Crippen LogP contribution is 2.53. The lowest BCUT2D eigenvalue weighted by atomic mass is 10.3. The Bertz CT molecular complexity index is 1460. The first-order valence-corrected chi connectivity index (χ1v) is 20.3. The number of hydrogen-bond acceptors (Lipinski definition) is 14. The van der Waals surface area contributed by atoms with E-state index in [2.05, 4.69) is 15.9 Å². The number of pyridine rings is 1. The standard InChI is InChI=1S/C26H39BrN6O10P4/c1-5-40-46(36,41-6-2)20-31(21-47(37,42-7-3)43-8-4)17-24-10-12-33(29-24)26-14-23(27)13-25(28-26)32-11-9-22(16-32)15-30(18-38-44-34)19-39-45-35/h9-14,16H,5-8,15,17-21H2,1-4H3. The fourth-order valence-corrected chi connectivity index (χ4v) is 8.87. The first-order chi connectivity index (χ1) is 22.6. The van der Waals surface area contributed by atoms with E-state index in [4.69, 9.17) is 37.2 Å². The molecule has 47 heavy (non-hydrogen) atoms. The Kier molecular flexibility index (Phi) is 17.2. The molecule has 0 aliphatic heterocycles. The summed E-state index contributed by atoms with van der Waals surface area (Å²) in [4.78, 5) is 8.10. The molecule has 3 heterocycles. The molecule has 3 rings (SSSR count). The molecule has 0 aromatic carbocycles. The Morgan fingerprint density at radius 1 is 0.787 bits per heavy atom. The zero-order chi connectivity index (χ0) is 34.3. The summed E-state index contributed by atoms with van der Waals surface area (Å²) in [5.74, 6) is 1.11. The van der Waals surface area contributed by atoms with Crippen molar-refractivity contribution in [1.82, 2.24) is 29.1 Å². The second-order valence-electron chi connectivity index (χ2n) is 9.68. The number of halogens is 1. The van der Waals surface area contributed by atoms with Crippen molar-refractivity contribution in [1.29, 1.82) is 0 Å². The van der Waals surface area contributed by atoms with Gasteiger partial charge in [-0.2, -0.15) is 5.10 Å². The van der Waals surface area contributed by atoms with Gasteiger partial charge in [0.2, 0.25) is 0 Å². The van der Waals surface area contributed by atoms with Crippen LogP contribution in [0.25, 0.3) is 11.6 Å². The molecule has 0 aliphatic carbocycles. The lowest BCUT2D eigenvalue weighted by Crippen LogP contribution is -2.28. The fraction of sp³-hybridized carbons (Fsp3) is 0.538. The normalized spacial score (nSPS) is 12.7. The van der Waals surface area contributed by atoms with Gasteiger partial charge >= 0.3 is 32.6 Å². The lowest BCUT2D eigenvalue weighted by molar-refractivity contribution is 0.0596. The molecule has 260 valence electrons. The SMILES string of the molecule is CCOP(=O)(CN(Cc1ccn(-c2cc(Br)cc(-n3ccc(CN(COP=O)COP=O)c3)n2)n1)CP(=O)(OCC)OCC)OCC. The molecular formula is C26H39BrN6O10P4. The zero-order valence-electron chi connectivity index (χ0n) is 26.5. The van der Waals surface area contributed by atoms with Crippen LogP contribution in [0, 0.1) is 0 Å². The third kappa shape index (κ3) is 13.0. The molecule has 0 atom stereocenters. The molecule has 3 aromatic rings. The molecule has 16 nitrogen and oxygen atoms in total. The first kappa shape index (κ1) is 39.9. The van der Waals surface area contributed by atoms with Gasteiger partial charge in [0.05, 0.1) is 32.1 Å². The molecule has 0 unspecified atom stereocenters. The minimum Gasteiger partial charge on any atom is -0.308 e. The zero-order valence-corrected chi connectivity index (χ0v) is 31.7. The summed E-state index contributed by atoms with van der Waals surface area (Å²) in [5.41, 5.74) is 1.45. The topological polar surface area (TPSA) is 166 Å². The minimum atomic E-state index is -3.56. The van der Waals surface area contributed by atoms with Crippen LogP contribution < -0.4 is 0 Å². The Balaban J connectivity index is 1.85. The number of rotatable bonds is 24. The molecule has 0 saturated heterocycles. The summed E-state index contributed by atoms with van der Waals surface area (Å²) in [6.07, 6.45) is 5.14. The Morgan fingerprint density at radius 3 is 1.87 bits per heavy atom. The van der Waals surface area contributed by atoms with Gasteiger partial charge in [-0.3, -0.25) is 28.0 Å². The number of aromatic nitrogens is 4. The first-order valence-electron chi connectivity index (χ1n) is 14.6. The molecule has 0 amide bonds. The molecule has 0 fully saturated rings. The largest absolute Gasteiger partial charge is 0.344 e. The van der Waals surface area contributed by atoms with Crippen molar-refractivity contribution in [2.24, 2.45) is 0 Å². The van der Waals surface area contributed by atoms with Crippen molar-refractivity contribution in [2.75, 3.05) is 52.5 Å². The summed E-state index contributed by atoms with van der Waals surface area (Å²) in [6, 6.07) is 7.31. The quantitative estimate of drug-likeness (QED) is 0.0658. The van der Waals surface area contributed by atoms with Crippen molar-refractivity contribution in [2.45, 2.75) is 40.8 Å². The van der Waals surface area contributed by atoms with E-state index in [1.54, 1.807) is 60.5 Å². The second kappa shape index (κ2) is 20.2. The lowest BCUT2D eigenvalue weighted by Gasteiger charge is -2.29. The molecule has 0 aliphatic rings.